The molecule has 0 N–H and O–H groups in total. The molecule has 7 nitrogen and oxygen atoms in total. The van der Waals surface area contributed by atoms with Crippen molar-refractivity contribution in [3.63, 3.8) is 0 Å². The number of methoxy groups -OCH3 is 2. The van der Waals surface area contributed by atoms with Gasteiger partial charge in [-0.05, 0) is 68.2 Å². The number of benzene rings is 2. The van der Waals surface area contributed by atoms with E-state index in [1.807, 2.05) is 61.2 Å². The fourth-order valence-corrected chi connectivity index (χ4v) is 4.25. The Labute approximate surface area is 199 Å². The molecular weight excluding hydrogens is 432 g/mol. The van der Waals surface area contributed by atoms with E-state index >= 15 is 0 Å². The summed E-state index contributed by atoms with van der Waals surface area (Å²) in [5.41, 5.74) is 3.68. The number of carbonyl (C=O) groups is 1. The summed E-state index contributed by atoms with van der Waals surface area (Å²) in [6.45, 7) is 4.82. The van der Waals surface area contributed by atoms with Crippen molar-refractivity contribution < 1.29 is 23.5 Å². The second-order valence-electron chi connectivity index (χ2n) is 8.30. The lowest BCUT2D eigenvalue weighted by Crippen LogP contribution is -2.28. The highest BCUT2D eigenvalue weighted by atomic mass is 16.5. The molecule has 1 aliphatic heterocycles. The van der Waals surface area contributed by atoms with E-state index in [-0.39, 0.29) is 11.9 Å². The summed E-state index contributed by atoms with van der Waals surface area (Å²) in [6.07, 6.45) is 5.35. The quantitative estimate of drug-likeness (QED) is 0.425. The fourth-order valence-electron chi connectivity index (χ4n) is 4.25. The van der Waals surface area contributed by atoms with Crippen LogP contribution >= 0.6 is 0 Å². The summed E-state index contributed by atoms with van der Waals surface area (Å²) < 4.78 is 22.0. The second kappa shape index (κ2) is 10.5. The van der Waals surface area contributed by atoms with Gasteiger partial charge in [0, 0.05) is 12.6 Å². The van der Waals surface area contributed by atoms with E-state index in [1.54, 1.807) is 20.3 Å². The van der Waals surface area contributed by atoms with Crippen molar-refractivity contribution in [2.45, 2.75) is 39.3 Å². The van der Waals surface area contributed by atoms with Crippen molar-refractivity contribution in [1.82, 2.24) is 10.1 Å². The molecule has 1 aromatic heterocycles. The molecule has 1 saturated heterocycles. The van der Waals surface area contributed by atoms with E-state index in [0.717, 1.165) is 53.3 Å². The topological polar surface area (TPSA) is 74.0 Å². The van der Waals surface area contributed by atoms with Crippen LogP contribution in [0.25, 0.3) is 6.08 Å². The number of amides is 1. The van der Waals surface area contributed by atoms with E-state index < -0.39 is 0 Å². The summed E-state index contributed by atoms with van der Waals surface area (Å²) in [5.74, 6) is 2.74. The van der Waals surface area contributed by atoms with Crippen LogP contribution in [0.15, 0.2) is 53.1 Å². The van der Waals surface area contributed by atoms with Gasteiger partial charge in [-0.1, -0.05) is 23.4 Å². The van der Waals surface area contributed by atoms with E-state index in [2.05, 4.69) is 11.2 Å². The van der Waals surface area contributed by atoms with Crippen molar-refractivity contribution >= 4 is 12.0 Å². The molecule has 2 heterocycles. The van der Waals surface area contributed by atoms with Gasteiger partial charge in [0.25, 0.3) is 0 Å². The summed E-state index contributed by atoms with van der Waals surface area (Å²) in [7, 11) is 3.25. The third kappa shape index (κ3) is 5.09. The number of rotatable bonds is 8. The van der Waals surface area contributed by atoms with Gasteiger partial charge in [-0.25, -0.2) is 0 Å². The number of aromatic nitrogens is 1. The zero-order valence-electron chi connectivity index (χ0n) is 20.0. The predicted octanol–water partition coefficient (Wildman–Crippen LogP) is 5.26. The molecule has 0 spiro atoms. The third-order valence-electron chi connectivity index (χ3n) is 6.17. The van der Waals surface area contributed by atoms with Gasteiger partial charge in [-0.15, -0.1) is 0 Å². The van der Waals surface area contributed by atoms with Crippen LogP contribution in [-0.2, 0) is 11.4 Å². The molecule has 34 heavy (non-hydrogen) atoms. The molecule has 1 fully saturated rings. The van der Waals surface area contributed by atoms with E-state index in [9.17, 15) is 4.79 Å². The fraction of sp³-hybridized carbons (Fsp3) is 0.333. The monoisotopic (exact) mass is 462 g/mol. The van der Waals surface area contributed by atoms with Gasteiger partial charge in [-0.2, -0.15) is 0 Å². The summed E-state index contributed by atoms with van der Waals surface area (Å²) in [5, 5.41) is 3.95. The molecule has 2 aromatic carbocycles. The van der Waals surface area contributed by atoms with Crippen molar-refractivity contribution in [3.8, 4) is 17.2 Å². The largest absolute Gasteiger partial charge is 0.497 e. The van der Waals surface area contributed by atoms with Crippen LogP contribution in [0.1, 0.15) is 47.0 Å². The predicted molar refractivity (Wildman–Crippen MR) is 129 cm³/mol. The Morgan fingerprint density at radius 3 is 2.74 bits per heavy atom. The lowest BCUT2D eigenvalue weighted by molar-refractivity contribution is -0.126. The molecule has 4 rings (SSSR count). The SMILES string of the molecule is COc1cccc(C2CCCN2C(=O)/C=C/c2ccc(OCc3c(C)noc3C)c(OC)c2)c1. The highest BCUT2D eigenvalue weighted by Gasteiger charge is 2.29. The Hall–Kier alpha value is -3.74. The number of likely N-dealkylation sites (tertiary alicyclic amines) is 1. The van der Waals surface area contributed by atoms with Crippen LogP contribution in [0.3, 0.4) is 0 Å². The van der Waals surface area contributed by atoms with Crippen LogP contribution in [0.5, 0.6) is 17.2 Å². The van der Waals surface area contributed by atoms with Crippen LogP contribution in [0, 0.1) is 13.8 Å². The Morgan fingerprint density at radius 2 is 2.00 bits per heavy atom. The molecule has 1 aliphatic rings. The zero-order valence-corrected chi connectivity index (χ0v) is 20.0. The minimum atomic E-state index is -0.0111. The smallest absolute Gasteiger partial charge is 0.247 e. The summed E-state index contributed by atoms with van der Waals surface area (Å²) in [4.78, 5) is 14.9. The van der Waals surface area contributed by atoms with Crippen molar-refractivity contribution in [2.24, 2.45) is 0 Å². The third-order valence-corrected chi connectivity index (χ3v) is 6.17. The van der Waals surface area contributed by atoms with Gasteiger partial charge < -0.3 is 23.6 Å². The number of hydrogen-bond donors (Lipinski definition) is 0. The van der Waals surface area contributed by atoms with Crippen LogP contribution in [0.4, 0.5) is 0 Å². The average Bonchev–Trinajstić information content (AvgIpc) is 3.48. The van der Waals surface area contributed by atoms with Gasteiger partial charge >= 0.3 is 0 Å². The average molecular weight is 463 g/mol. The first-order chi connectivity index (χ1) is 16.5. The zero-order chi connectivity index (χ0) is 24.1. The number of nitrogens with zero attached hydrogens (tertiary/aromatic N) is 2. The van der Waals surface area contributed by atoms with Crippen LogP contribution in [0.2, 0.25) is 0 Å². The number of hydrogen-bond acceptors (Lipinski definition) is 6. The van der Waals surface area contributed by atoms with Gasteiger partial charge in [0.15, 0.2) is 11.5 Å². The molecule has 3 aromatic rings. The molecule has 0 aliphatic carbocycles. The molecule has 178 valence electrons. The first-order valence-electron chi connectivity index (χ1n) is 11.4. The Balaban J connectivity index is 1.44. The van der Waals surface area contributed by atoms with Crippen molar-refractivity contribution in [1.29, 1.82) is 0 Å². The maximum Gasteiger partial charge on any atom is 0.247 e. The molecule has 0 radical (unpaired) electrons. The minimum Gasteiger partial charge on any atom is -0.497 e. The van der Waals surface area contributed by atoms with E-state index in [4.69, 9.17) is 18.7 Å². The number of aryl methyl sites for hydroxylation is 2. The minimum absolute atomic E-state index is 0.0111. The maximum atomic E-state index is 13.0. The summed E-state index contributed by atoms with van der Waals surface area (Å²) >= 11 is 0. The van der Waals surface area contributed by atoms with Gasteiger partial charge in [0.1, 0.15) is 18.1 Å². The van der Waals surface area contributed by atoms with Gasteiger partial charge in [-0.3, -0.25) is 4.79 Å². The van der Waals surface area contributed by atoms with Crippen LogP contribution < -0.4 is 14.2 Å². The lowest BCUT2D eigenvalue weighted by Gasteiger charge is -2.24. The molecule has 1 atom stereocenters. The highest BCUT2D eigenvalue weighted by molar-refractivity contribution is 5.92. The molecule has 1 unspecified atom stereocenters. The number of ether oxygens (including phenoxy) is 3. The molecular formula is C27H30N2O5. The highest BCUT2D eigenvalue weighted by Crippen LogP contribution is 2.34. The van der Waals surface area contributed by atoms with Crippen LogP contribution in [-0.4, -0.2) is 36.7 Å². The Morgan fingerprint density at radius 1 is 1.15 bits per heavy atom. The molecule has 0 saturated carbocycles. The molecule has 1 amide bonds. The Bertz CT molecular complexity index is 1160. The normalized spacial score (nSPS) is 15.6. The second-order valence-corrected chi connectivity index (χ2v) is 8.30. The van der Waals surface area contributed by atoms with Crippen molar-refractivity contribution in [2.75, 3.05) is 20.8 Å². The standard InChI is InChI=1S/C27H30N2O5/c1-18-23(19(2)34-28-18)17-33-25-12-10-20(15-26(25)32-4)11-13-27(30)29-14-6-9-24(29)21-7-5-8-22(16-21)31-3/h5,7-8,10-13,15-16,24H,6,9,14,17H2,1-4H3/b13-11+. The van der Waals surface area contributed by atoms with Gasteiger partial charge in [0.05, 0.1) is 31.5 Å². The molecule has 7 heteroatoms. The van der Waals surface area contributed by atoms with Gasteiger partial charge in [0.2, 0.25) is 5.91 Å². The van der Waals surface area contributed by atoms with E-state index in [0.29, 0.717) is 18.1 Å². The maximum absolute atomic E-state index is 13.0. The summed E-state index contributed by atoms with van der Waals surface area (Å²) in [6, 6.07) is 13.6. The molecule has 0 bridgehead atoms. The first-order valence-corrected chi connectivity index (χ1v) is 11.4. The number of carbonyl (C=O) groups excluding carboxylic acids is 1. The first kappa shape index (κ1) is 23.4. The van der Waals surface area contributed by atoms with Crippen molar-refractivity contribution in [3.05, 3.63) is 76.7 Å². The Kier molecular flexibility index (Phi) is 7.21. The van der Waals surface area contributed by atoms with E-state index in [1.165, 1.54) is 0 Å². The lowest BCUT2D eigenvalue weighted by atomic mass is 10.0.